The van der Waals surface area contributed by atoms with Crippen molar-refractivity contribution in [3.8, 4) is 0 Å². The minimum Gasteiger partial charge on any atom is -0.445 e. The predicted octanol–water partition coefficient (Wildman–Crippen LogP) is 1.26. The summed E-state index contributed by atoms with van der Waals surface area (Å²) in [5.41, 5.74) is 0. The Morgan fingerprint density at radius 3 is 2.71 bits per heavy atom. The largest absolute Gasteiger partial charge is 0.445 e. The number of hydrogen-bond donors (Lipinski definition) is 2. The zero-order chi connectivity index (χ0) is 10.4. The summed E-state index contributed by atoms with van der Waals surface area (Å²) in [6.45, 7) is 2.57. The second-order valence-electron chi connectivity index (χ2n) is 3.90. The van der Waals surface area contributed by atoms with Crippen LogP contribution in [-0.2, 0) is 4.74 Å². The van der Waals surface area contributed by atoms with E-state index in [1.165, 1.54) is 12.8 Å². The second kappa shape index (κ2) is 5.86. The lowest BCUT2D eigenvalue weighted by Gasteiger charge is -2.16. The van der Waals surface area contributed by atoms with Crippen molar-refractivity contribution in [3.05, 3.63) is 0 Å². The van der Waals surface area contributed by atoms with Gasteiger partial charge in [0.15, 0.2) is 0 Å². The summed E-state index contributed by atoms with van der Waals surface area (Å²) in [6, 6.07) is 0.337. The average Bonchev–Trinajstić information content (AvgIpc) is 2.56. The molecular formula is C10H20N2O2. The summed E-state index contributed by atoms with van der Waals surface area (Å²) in [5.74, 6) is 0. The summed E-state index contributed by atoms with van der Waals surface area (Å²) in [5, 5.41) is 5.84. The zero-order valence-electron chi connectivity index (χ0n) is 9.01. The van der Waals surface area contributed by atoms with Gasteiger partial charge in [0, 0.05) is 12.6 Å². The Labute approximate surface area is 85.4 Å². The molecule has 1 aliphatic carbocycles. The normalized spacial score (nSPS) is 19.3. The van der Waals surface area contributed by atoms with Gasteiger partial charge >= 0.3 is 6.09 Å². The summed E-state index contributed by atoms with van der Waals surface area (Å²) in [4.78, 5) is 11.3. The highest BCUT2D eigenvalue weighted by Gasteiger charge is 2.18. The number of rotatable bonds is 4. The van der Waals surface area contributed by atoms with Gasteiger partial charge in [0.25, 0.3) is 0 Å². The zero-order valence-corrected chi connectivity index (χ0v) is 9.01. The summed E-state index contributed by atoms with van der Waals surface area (Å²) in [7, 11) is 1.84. The van der Waals surface area contributed by atoms with E-state index in [0.717, 1.165) is 12.8 Å². The van der Waals surface area contributed by atoms with Crippen molar-refractivity contribution in [2.24, 2.45) is 0 Å². The number of amides is 1. The molecule has 1 fully saturated rings. The van der Waals surface area contributed by atoms with Crippen LogP contribution in [0.15, 0.2) is 0 Å². The fourth-order valence-corrected chi connectivity index (χ4v) is 1.78. The van der Waals surface area contributed by atoms with Gasteiger partial charge in [-0.2, -0.15) is 0 Å². The van der Waals surface area contributed by atoms with Crippen molar-refractivity contribution >= 4 is 6.09 Å². The molecule has 0 aromatic rings. The molecule has 0 saturated heterocycles. The lowest BCUT2D eigenvalue weighted by atomic mass is 10.3. The first-order valence-electron chi connectivity index (χ1n) is 5.34. The fourth-order valence-electron chi connectivity index (χ4n) is 1.78. The molecule has 0 radical (unpaired) electrons. The van der Waals surface area contributed by atoms with Gasteiger partial charge in [0.05, 0.1) is 0 Å². The van der Waals surface area contributed by atoms with Crippen LogP contribution >= 0.6 is 0 Å². The van der Waals surface area contributed by atoms with Crippen molar-refractivity contribution in [2.45, 2.75) is 44.8 Å². The number of likely N-dealkylation sites (N-methyl/N-ethyl adjacent to an activating group) is 1. The lowest BCUT2D eigenvalue weighted by molar-refractivity contribution is 0.104. The molecular weight excluding hydrogens is 180 g/mol. The van der Waals surface area contributed by atoms with Gasteiger partial charge in [-0.05, 0) is 26.8 Å². The van der Waals surface area contributed by atoms with E-state index in [1.807, 2.05) is 14.0 Å². The Balaban J connectivity index is 2.14. The molecule has 4 heteroatoms. The van der Waals surface area contributed by atoms with Crippen molar-refractivity contribution in [1.29, 1.82) is 0 Å². The molecule has 0 heterocycles. The van der Waals surface area contributed by atoms with Gasteiger partial charge < -0.3 is 15.4 Å². The van der Waals surface area contributed by atoms with Crippen molar-refractivity contribution < 1.29 is 9.53 Å². The van der Waals surface area contributed by atoms with Crippen LogP contribution in [0.4, 0.5) is 4.79 Å². The van der Waals surface area contributed by atoms with Gasteiger partial charge in [-0.15, -0.1) is 0 Å². The molecule has 0 aromatic heterocycles. The van der Waals surface area contributed by atoms with E-state index < -0.39 is 0 Å². The van der Waals surface area contributed by atoms with Crippen LogP contribution in [0.3, 0.4) is 0 Å². The van der Waals surface area contributed by atoms with Gasteiger partial charge in [0.2, 0.25) is 0 Å². The van der Waals surface area contributed by atoms with E-state index in [9.17, 15) is 4.79 Å². The summed E-state index contributed by atoms with van der Waals surface area (Å²) >= 11 is 0. The molecule has 0 aromatic carbocycles. The number of hydrogen-bond acceptors (Lipinski definition) is 3. The van der Waals surface area contributed by atoms with Crippen LogP contribution in [0.2, 0.25) is 0 Å². The third kappa shape index (κ3) is 3.96. The molecule has 1 amide bonds. The van der Waals surface area contributed by atoms with E-state index in [4.69, 9.17) is 4.74 Å². The summed E-state index contributed by atoms with van der Waals surface area (Å²) < 4.78 is 5.14. The highest BCUT2D eigenvalue weighted by atomic mass is 16.6. The molecule has 14 heavy (non-hydrogen) atoms. The quantitative estimate of drug-likeness (QED) is 0.718. The van der Waals surface area contributed by atoms with E-state index in [2.05, 4.69) is 10.6 Å². The molecule has 1 aliphatic rings. The lowest BCUT2D eigenvalue weighted by Crippen LogP contribution is -2.37. The maximum atomic E-state index is 11.3. The van der Waals surface area contributed by atoms with Crippen LogP contribution in [-0.4, -0.2) is 31.8 Å². The number of nitrogens with one attached hydrogen (secondary N) is 2. The van der Waals surface area contributed by atoms with Crippen molar-refractivity contribution in [3.63, 3.8) is 0 Å². The number of carbonyl (C=O) groups excluding carboxylic acids is 1. The van der Waals surface area contributed by atoms with Gasteiger partial charge in [-0.25, -0.2) is 4.79 Å². The van der Waals surface area contributed by atoms with Gasteiger partial charge in [-0.1, -0.05) is 12.8 Å². The Morgan fingerprint density at radius 2 is 2.14 bits per heavy atom. The fraction of sp³-hybridized carbons (Fsp3) is 0.900. The third-order valence-corrected chi connectivity index (χ3v) is 2.48. The number of ether oxygens (including phenoxy) is 1. The SMILES string of the molecule is CNCC(C)OC(=O)NC1CCCC1. The van der Waals surface area contributed by atoms with E-state index in [0.29, 0.717) is 12.6 Å². The second-order valence-corrected chi connectivity index (χ2v) is 3.90. The molecule has 0 aliphatic heterocycles. The van der Waals surface area contributed by atoms with Crippen molar-refractivity contribution in [1.82, 2.24) is 10.6 Å². The topological polar surface area (TPSA) is 50.4 Å². The average molecular weight is 200 g/mol. The minimum absolute atomic E-state index is 0.0681. The maximum absolute atomic E-state index is 11.3. The van der Waals surface area contributed by atoms with Gasteiger partial charge in [0.1, 0.15) is 6.10 Å². The van der Waals surface area contributed by atoms with Crippen LogP contribution in [0.25, 0.3) is 0 Å². The number of carbonyl (C=O) groups is 1. The Bertz CT molecular complexity index is 179. The molecule has 1 rings (SSSR count). The van der Waals surface area contributed by atoms with Gasteiger partial charge in [-0.3, -0.25) is 0 Å². The molecule has 0 spiro atoms. The standard InChI is InChI=1S/C10H20N2O2/c1-8(7-11-2)14-10(13)12-9-5-3-4-6-9/h8-9,11H,3-7H2,1-2H3,(H,12,13). The van der Waals surface area contributed by atoms with Crippen LogP contribution in [0, 0.1) is 0 Å². The Morgan fingerprint density at radius 1 is 1.50 bits per heavy atom. The highest BCUT2D eigenvalue weighted by molar-refractivity contribution is 5.67. The smallest absolute Gasteiger partial charge is 0.407 e. The predicted molar refractivity (Wildman–Crippen MR) is 55.3 cm³/mol. The molecule has 0 bridgehead atoms. The van der Waals surface area contributed by atoms with Crippen LogP contribution in [0.1, 0.15) is 32.6 Å². The highest BCUT2D eigenvalue weighted by Crippen LogP contribution is 2.17. The summed E-state index contributed by atoms with van der Waals surface area (Å²) in [6.07, 6.45) is 4.28. The first-order valence-corrected chi connectivity index (χ1v) is 5.34. The first-order chi connectivity index (χ1) is 6.72. The monoisotopic (exact) mass is 200 g/mol. The Hall–Kier alpha value is -0.770. The molecule has 1 saturated carbocycles. The van der Waals surface area contributed by atoms with Crippen LogP contribution in [0.5, 0.6) is 0 Å². The molecule has 1 atom stereocenters. The van der Waals surface area contributed by atoms with Crippen LogP contribution < -0.4 is 10.6 Å². The van der Waals surface area contributed by atoms with E-state index >= 15 is 0 Å². The molecule has 4 nitrogen and oxygen atoms in total. The molecule has 1 unspecified atom stereocenters. The Kier molecular flexibility index (Phi) is 4.73. The third-order valence-electron chi connectivity index (χ3n) is 2.48. The van der Waals surface area contributed by atoms with E-state index in [1.54, 1.807) is 0 Å². The first kappa shape index (κ1) is 11.3. The van der Waals surface area contributed by atoms with Crippen molar-refractivity contribution in [2.75, 3.05) is 13.6 Å². The maximum Gasteiger partial charge on any atom is 0.407 e. The minimum atomic E-state index is -0.278. The molecule has 2 N–H and O–H groups in total. The molecule has 82 valence electrons. The number of alkyl carbamates (subject to hydrolysis) is 1. The van der Waals surface area contributed by atoms with E-state index in [-0.39, 0.29) is 12.2 Å².